The van der Waals surface area contributed by atoms with Gasteiger partial charge in [-0.15, -0.1) is 0 Å². The Labute approximate surface area is 130 Å². The molecule has 0 spiro atoms. The number of hydrogen-bond donors (Lipinski definition) is 1. The van der Waals surface area contributed by atoms with E-state index in [1.807, 2.05) is 14.0 Å². The molecule has 21 heavy (non-hydrogen) atoms. The molecule has 3 heteroatoms. The molecule has 3 nitrogen and oxygen atoms in total. The molecule has 1 N–H and O–H groups in total. The Morgan fingerprint density at radius 1 is 1.24 bits per heavy atom. The van der Waals surface area contributed by atoms with Gasteiger partial charge in [-0.3, -0.25) is 0 Å². The van der Waals surface area contributed by atoms with Crippen molar-refractivity contribution >= 4 is 0 Å². The third-order valence-corrected chi connectivity index (χ3v) is 3.57. The van der Waals surface area contributed by atoms with Crippen molar-refractivity contribution in [1.82, 2.24) is 5.32 Å². The van der Waals surface area contributed by atoms with Crippen LogP contribution in [0.15, 0.2) is 18.2 Å². The van der Waals surface area contributed by atoms with Gasteiger partial charge in [0.05, 0.1) is 13.2 Å². The summed E-state index contributed by atoms with van der Waals surface area (Å²) in [4.78, 5) is 0. The summed E-state index contributed by atoms with van der Waals surface area (Å²) in [5.74, 6) is 0.931. The first-order valence-corrected chi connectivity index (χ1v) is 7.88. The number of rotatable bonds is 8. The zero-order chi connectivity index (χ0) is 15.9. The van der Waals surface area contributed by atoms with Gasteiger partial charge in [-0.25, -0.2) is 0 Å². The highest BCUT2D eigenvalue weighted by Gasteiger charge is 2.12. The van der Waals surface area contributed by atoms with Crippen LogP contribution in [-0.4, -0.2) is 20.3 Å². The molecule has 0 aliphatic carbocycles. The standard InChI is InChI=1S/C18H31NO2/c1-7-21-17-9-8-15(14(2)19-6)12-16(17)13-20-11-10-18(3,4)5/h8-9,12,14,19H,7,10-11,13H2,1-6H3. The fraction of sp³-hybridized carbons (Fsp3) is 0.667. The molecule has 0 aliphatic rings. The largest absolute Gasteiger partial charge is 0.494 e. The highest BCUT2D eigenvalue weighted by Crippen LogP contribution is 2.25. The molecular formula is C18H31NO2. The van der Waals surface area contributed by atoms with Gasteiger partial charge in [0.2, 0.25) is 0 Å². The monoisotopic (exact) mass is 293 g/mol. The highest BCUT2D eigenvalue weighted by atomic mass is 16.5. The van der Waals surface area contributed by atoms with Crippen LogP contribution in [0.25, 0.3) is 0 Å². The lowest BCUT2D eigenvalue weighted by atomic mass is 9.93. The van der Waals surface area contributed by atoms with Gasteiger partial charge >= 0.3 is 0 Å². The second-order valence-electron chi connectivity index (χ2n) is 6.67. The van der Waals surface area contributed by atoms with Gasteiger partial charge in [0.15, 0.2) is 0 Å². The van der Waals surface area contributed by atoms with E-state index in [1.54, 1.807) is 0 Å². The summed E-state index contributed by atoms with van der Waals surface area (Å²) in [6.45, 7) is 12.9. The Morgan fingerprint density at radius 2 is 1.95 bits per heavy atom. The van der Waals surface area contributed by atoms with Crippen LogP contribution in [0.5, 0.6) is 5.75 Å². The molecule has 0 aliphatic heterocycles. The third kappa shape index (κ3) is 6.49. The minimum absolute atomic E-state index is 0.311. The smallest absolute Gasteiger partial charge is 0.124 e. The number of ether oxygens (including phenoxy) is 2. The number of benzene rings is 1. The molecule has 0 bridgehead atoms. The molecule has 1 atom stereocenters. The summed E-state index contributed by atoms with van der Waals surface area (Å²) >= 11 is 0. The van der Waals surface area contributed by atoms with Gasteiger partial charge in [-0.1, -0.05) is 26.8 Å². The fourth-order valence-corrected chi connectivity index (χ4v) is 2.00. The number of nitrogens with one attached hydrogen (secondary N) is 1. The van der Waals surface area contributed by atoms with E-state index in [2.05, 4.69) is 51.2 Å². The van der Waals surface area contributed by atoms with Crippen molar-refractivity contribution in [2.45, 2.75) is 53.7 Å². The molecule has 1 aromatic carbocycles. The molecule has 0 saturated carbocycles. The first kappa shape index (κ1) is 18.0. The first-order valence-electron chi connectivity index (χ1n) is 7.88. The molecule has 120 valence electrons. The Kier molecular flexibility index (Phi) is 7.20. The van der Waals surface area contributed by atoms with Crippen LogP contribution in [0, 0.1) is 5.41 Å². The molecule has 0 saturated heterocycles. The average molecular weight is 293 g/mol. The van der Waals surface area contributed by atoms with E-state index in [0.29, 0.717) is 24.7 Å². The Bertz CT molecular complexity index is 424. The second-order valence-corrected chi connectivity index (χ2v) is 6.67. The van der Waals surface area contributed by atoms with E-state index in [0.717, 1.165) is 24.3 Å². The molecule has 0 fully saturated rings. The predicted octanol–water partition coefficient (Wildman–Crippen LogP) is 4.32. The van der Waals surface area contributed by atoms with Crippen molar-refractivity contribution in [3.05, 3.63) is 29.3 Å². The lowest BCUT2D eigenvalue weighted by molar-refractivity contribution is 0.0943. The molecule has 0 aromatic heterocycles. The molecule has 0 radical (unpaired) electrons. The van der Waals surface area contributed by atoms with Crippen molar-refractivity contribution in [2.24, 2.45) is 5.41 Å². The fourth-order valence-electron chi connectivity index (χ4n) is 2.00. The van der Waals surface area contributed by atoms with Crippen molar-refractivity contribution in [1.29, 1.82) is 0 Å². The van der Waals surface area contributed by atoms with Crippen molar-refractivity contribution in [3.63, 3.8) is 0 Å². The molecule has 0 heterocycles. The molecular weight excluding hydrogens is 262 g/mol. The Morgan fingerprint density at radius 3 is 2.52 bits per heavy atom. The molecule has 1 rings (SSSR count). The van der Waals surface area contributed by atoms with Gasteiger partial charge in [0.25, 0.3) is 0 Å². The molecule has 1 unspecified atom stereocenters. The third-order valence-electron chi connectivity index (χ3n) is 3.57. The SMILES string of the molecule is CCOc1ccc(C(C)NC)cc1COCCC(C)(C)C. The lowest BCUT2D eigenvalue weighted by Crippen LogP contribution is -2.13. The van der Waals surface area contributed by atoms with Crippen LogP contribution in [-0.2, 0) is 11.3 Å². The zero-order valence-electron chi connectivity index (χ0n) is 14.5. The van der Waals surface area contributed by atoms with E-state index in [-0.39, 0.29) is 0 Å². The average Bonchev–Trinajstić information content (AvgIpc) is 2.43. The minimum atomic E-state index is 0.311. The Balaban J connectivity index is 2.71. The lowest BCUT2D eigenvalue weighted by Gasteiger charge is -2.19. The van der Waals surface area contributed by atoms with Crippen LogP contribution in [0.4, 0.5) is 0 Å². The minimum Gasteiger partial charge on any atom is -0.494 e. The van der Waals surface area contributed by atoms with Crippen molar-refractivity contribution in [3.8, 4) is 5.75 Å². The number of hydrogen-bond acceptors (Lipinski definition) is 3. The predicted molar refractivity (Wildman–Crippen MR) is 88.8 cm³/mol. The maximum Gasteiger partial charge on any atom is 0.124 e. The normalized spacial score (nSPS) is 13.2. The van der Waals surface area contributed by atoms with Gasteiger partial charge in [0.1, 0.15) is 5.75 Å². The molecule has 0 amide bonds. The van der Waals surface area contributed by atoms with E-state index in [9.17, 15) is 0 Å². The summed E-state index contributed by atoms with van der Waals surface area (Å²) in [5.41, 5.74) is 2.70. The van der Waals surface area contributed by atoms with E-state index in [4.69, 9.17) is 9.47 Å². The van der Waals surface area contributed by atoms with Crippen LogP contribution in [0.2, 0.25) is 0 Å². The van der Waals surface area contributed by atoms with Crippen molar-refractivity contribution in [2.75, 3.05) is 20.3 Å². The maximum atomic E-state index is 5.85. The van der Waals surface area contributed by atoms with Gasteiger partial charge < -0.3 is 14.8 Å². The van der Waals surface area contributed by atoms with Crippen molar-refractivity contribution < 1.29 is 9.47 Å². The summed E-state index contributed by atoms with van der Waals surface area (Å²) in [5, 5.41) is 3.27. The van der Waals surface area contributed by atoms with E-state index >= 15 is 0 Å². The Hall–Kier alpha value is -1.06. The van der Waals surface area contributed by atoms with Crippen LogP contribution < -0.4 is 10.1 Å². The van der Waals surface area contributed by atoms with Crippen LogP contribution in [0.1, 0.15) is 58.2 Å². The highest BCUT2D eigenvalue weighted by molar-refractivity contribution is 5.38. The van der Waals surface area contributed by atoms with E-state index < -0.39 is 0 Å². The second kappa shape index (κ2) is 8.40. The quantitative estimate of drug-likeness (QED) is 0.724. The van der Waals surface area contributed by atoms with Crippen LogP contribution >= 0.6 is 0 Å². The van der Waals surface area contributed by atoms with Crippen LogP contribution in [0.3, 0.4) is 0 Å². The van der Waals surface area contributed by atoms with Gasteiger partial charge in [-0.05, 0) is 50.4 Å². The zero-order valence-corrected chi connectivity index (χ0v) is 14.5. The van der Waals surface area contributed by atoms with Gasteiger partial charge in [-0.2, -0.15) is 0 Å². The van der Waals surface area contributed by atoms with Gasteiger partial charge in [0, 0.05) is 18.2 Å². The molecule has 1 aromatic rings. The topological polar surface area (TPSA) is 30.5 Å². The first-order chi connectivity index (χ1) is 9.87. The summed E-state index contributed by atoms with van der Waals surface area (Å²) in [6.07, 6.45) is 1.06. The summed E-state index contributed by atoms with van der Waals surface area (Å²) in [6, 6.07) is 6.68. The summed E-state index contributed by atoms with van der Waals surface area (Å²) in [7, 11) is 1.97. The van der Waals surface area contributed by atoms with E-state index in [1.165, 1.54) is 5.56 Å². The maximum absolute atomic E-state index is 5.85. The summed E-state index contributed by atoms with van der Waals surface area (Å²) < 4.78 is 11.6.